The molecule has 1 amide bonds. The van der Waals surface area contributed by atoms with Crippen molar-refractivity contribution in [1.29, 1.82) is 5.26 Å². The Kier molecular flexibility index (Phi) is 2.75. The van der Waals surface area contributed by atoms with Crippen molar-refractivity contribution in [2.75, 3.05) is 6.26 Å². The summed E-state index contributed by atoms with van der Waals surface area (Å²) in [6.07, 6.45) is -0.112. The number of nitrogens with zero attached hydrogens (tertiary/aromatic N) is 2. The van der Waals surface area contributed by atoms with E-state index in [0.29, 0.717) is 11.1 Å². The molecule has 18 heavy (non-hydrogen) atoms. The third kappa shape index (κ3) is 1.91. The second-order valence-corrected chi connectivity index (χ2v) is 6.09. The Bertz CT molecular complexity index is 660. The minimum absolute atomic E-state index is 0.0340. The molecule has 1 aromatic carbocycles. The molecule has 7 heteroatoms. The van der Waals surface area contributed by atoms with Crippen molar-refractivity contribution >= 4 is 15.9 Å². The Labute approximate surface area is 104 Å². The highest BCUT2D eigenvalue weighted by Crippen LogP contribution is 2.34. The van der Waals surface area contributed by atoms with Crippen LogP contribution < -0.4 is 0 Å². The van der Waals surface area contributed by atoms with Gasteiger partial charge in [0.25, 0.3) is 0 Å². The third-order valence-electron chi connectivity index (χ3n) is 2.86. The summed E-state index contributed by atoms with van der Waals surface area (Å²) in [6, 6.07) is 5.36. The van der Waals surface area contributed by atoms with Crippen LogP contribution in [0, 0.1) is 11.3 Å². The predicted octanol–water partition coefficient (Wildman–Crippen LogP) is 1.15. The normalized spacial score (nSPS) is 18.2. The van der Waals surface area contributed by atoms with Crippen molar-refractivity contribution in [1.82, 2.24) is 4.90 Å². The van der Waals surface area contributed by atoms with Crippen LogP contribution in [0.5, 0.6) is 0 Å². The molecular formula is C11H10N2O4S. The van der Waals surface area contributed by atoms with Gasteiger partial charge >= 0.3 is 6.09 Å². The second kappa shape index (κ2) is 3.99. The summed E-state index contributed by atoms with van der Waals surface area (Å²) in [6.45, 7) is 0.0340. The van der Waals surface area contributed by atoms with E-state index in [4.69, 9.17) is 10.4 Å². The van der Waals surface area contributed by atoms with E-state index in [1.807, 2.05) is 6.07 Å². The van der Waals surface area contributed by atoms with Crippen LogP contribution in [0.1, 0.15) is 17.2 Å². The predicted molar refractivity (Wildman–Crippen MR) is 61.5 cm³/mol. The van der Waals surface area contributed by atoms with Crippen LogP contribution in [0.3, 0.4) is 0 Å². The zero-order valence-electron chi connectivity index (χ0n) is 9.49. The highest BCUT2D eigenvalue weighted by Gasteiger charge is 2.34. The van der Waals surface area contributed by atoms with Crippen molar-refractivity contribution in [3.8, 4) is 6.07 Å². The van der Waals surface area contributed by atoms with Crippen molar-refractivity contribution < 1.29 is 18.3 Å². The standard InChI is InChI=1S/C11H10N2O4S/c1-18(16,17)8-2-3-9-7(4-8)6-13(11(14)15)10(9)5-12/h2-4,10H,6H2,1H3,(H,14,15). The first-order chi connectivity index (χ1) is 8.34. The number of hydrogen-bond donors (Lipinski definition) is 1. The number of carboxylic acid groups (broad SMARTS) is 1. The first-order valence-corrected chi connectivity index (χ1v) is 6.96. The second-order valence-electron chi connectivity index (χ2n) is 4.07. The molecule has 0 aromatic heterocycles. The lowest BCUT2D eigenvalue weighted by molar-refractivity contribution is 0.138. The first kappa shape index (κ1) is 12.4. The number of amides is 1. The number of hydrogen-bond acceptors (Lipinski definition) is 4. The average Bonchev–Trinajstić information content (AvgIpc) is 2.65. The minimum Gasteiger partial charge on any atom is -0.465 e. The molecule has 1 atom stereocenters. The topological polar surface area (TPSA) is 98.5 Å². The summed E-state index contributed by atoms with van der Waals surface area (Å²) in [4.78, 5) is 12.1. The monoisotopic (exact) mass is 266 g/mol. The molecule has 1 aliphatic rings. The van der Waals surface area contributed by atoms with Gasteiger partial charge in [-0.3, -0.25) is 4.90 Å². The van der Waals surface area contributed by atoms with Crippen molar-refractivity contribution in [3.63, 3.8) is 0 Å². The van der Waals surface area contributed by atoms with Crippen molar-refractivity contribution in [3.05, 3.63) is 29.3 Å². The number of fused-ring (bicyclic) bond motifs is 1. The van der Waals surface area contributed by atoms with Gasteiger partial charge in [0.05, 0.1) is 17.5 Å². The van der Waals surface area contributed by atoms with E-state index in [0.717, 1.165) is 11.2 Å². The van der Waals surface area contributed by atoms with Gasteiger partial charge in [0.1, 0.15) is 6.04 Å². The Balaban J connectivity index is 2.52. The zero-order valence-corrected chi connectivity index (χ0v) is 10.3. The van der Waals surface area contributed by atoms with Crippen LogP contribution in [0.4, 0.5) is 4.79 Å². The molecule has 0 aliphatic carbocycles. The Morgan fingerprint density at radius 1 is 1.56 bits per heavy atom. The molecule has 6 nitrogen and oxygen atoms in total. The SMILES string of the molecule is CS(=O)(=O)c1ccc2c(c1)CN(C(=O)O)C2C#N. The van der Waals surface area contributed by atoms with E-state index in [9.17, 15) is 13.2 Å². The van der Waals surface area contributed by atoms with Gasteiger partial charge in [0.2, 0.25) is 0 Å². The fourth-order valence-electron chi connectivity index (χ4n) is 1.98. The molecule has 0 saturated carbocycles. The largest absolute Gasteiger partial charge is 0.465 e. The van der Waals surface area contributed by atoms with Gasteiger partial charge < -0.3 is 5.11 Å². The molecule has 1 unspecified atom stereocenters. The van der Waals surface area contributed by atoms with E-state index < -0.39 is 22.0 Å². The Morgan fingerprint density at radius 3 is 2.72 bits per heavy atom. The zero-order chi connectivity index (χ0) is 13.5. The molecule has 2 rings (SSSR count). The molecule has 0 radical (unpaired) electrons. The van der Waals surface area contributed by atoms with E-state index in [1.54, 1.807) is 0 Å². The summed E-state index contributed by atoms with van der Waals surface area (Å²) in [5.74, 6) is 0. The highest BCUT2D eigenvalue weighted by atomic mass is 32.2. The van der Waals surface area contributed by atoms with Crippen LogP contribution in [0.15, 0.2) is 23.1 Å². The van der Waals surface area contributed by atoms with Crippen LogP contribution in [0.2, 0.25) is 0 Å². The molecule has 1 N–H and O–H groups in total. The van der Waals surface area contributed by atoms with Crippen LogP contribution in [-0.2, 0) is 16.4 Å². The summed E-state index contributed by atoms with van der Waals surface area (Å²) < 4.78 is 22.8. The summed E-state index contributed by atoms with van der Waals surface area (Å²) in [5.41, 5.74) is 1.11. The summed E-state index contributed by atoms with van der Waals surface area (Å²) in [5, 5.41) is 18.0. The van der Waals surface area contributed by atoms with Gasteiger partial charge in [0, 0.05) is 6.26 Å². The molecule has 0 spiro atoms. The van der Waals surface area contributed by atoms with E-state index in [2.05, 4.69) is 0 Å². The lowest BCUT2D eigenvalue weighted by Crippen LogP contribution is -2.26. The minimum atomic E-state index is -3.34. The first-order valence-electron chi connectivity index (χ1n) is 5.06. The fourth-order valence-corrected chi connectivity index (χ4v) is 2.65. The van der Waals surface area contributed by atoms with Gasteiger partial charge in [-0.05, 0) is 23.3 Å². The van der Waals surface area contributed by atoms with Gasteiger partial charge in [-0.15, -0.1) is 0 Å². The van der Waals surface area contributed by atoms with Gasteiger partial charge in [-0.2, -0.15) is 5.26 Å². The smallest absolute Gasteiger partial charge is 0.408 e. The Morgan fingerprint density at radius 2 is 2.22 bits per heavy atom. The fraction of sp³-hybridized carbons (Fsp3) is 0.273. The number of rotatable bonds is 1. The summed E-state index contributed by atoms with van der Waals surface area (Å²) >= 11 is 0. The molecular weight excluding hydrogens is 256 g/mol. The lowest BCUT2D eigenvalue weighted by atomic mass is 10.1. The van der Waals surface area contributed by atoms with Crippen LogP contribution in [0.25, 0.3) is 0 Å². The van der Waals surface area contributed by atoms with Crippen molar-refractivity contribution in [2.45, 2.75) is 17.5 Å². The van der Waals surface area contributed by atoms with Crippen LogP contribution >= 0.6 is 0 Å². The molecule has 94 valence electrons. The highest BCUT2D eigenvalue weighted by molar-refractivity contribution is 7.90. The number of carbonyl (C=O) groups is 1. The van der Waals surface area contributed by atoms with Crippen molar-refractivity contribution in [2.24, 2.45) is 0 Å². The average molecular weight is 266 g/mol. The third-order valence-corrected chi connectivity index (χ3v) is 3.97. The molecule has 0 fully saturated rings. The lowest BCUT2D eigenvalue weighted by Gasteiger charge is -2.14. The molecule has 1 heterocycles. The van der Waals surface area contributed by atoms with Crippen LogP contribution in [-0.4, -0.2) is 30.8 Å². The number of nitriles is 1. The van der Waals surface area contributed by atoms with E-state index >= 15 is 0 Å². The quantitative estimate of drug-likeness (QED) is 0.822. The van der Waals surface area contributed by atoms with Gasteiger partial charge in [0.15, 0.2) is 9.84 Å². The number of benzene rings is 1. The maximum Gasteiger partial charge on any atom is 0.408 e. The van der Waals surface area contributed by atoms with E-state index in [-0.39, 0.29) is 11.4 Å². The number of sulfone groups is 1. The van der Waals surface area contributed by atoms with Gasteiger partial charge in [-0.1, -0.05) is 6.07 Å². The molecule has 0 saturated heterocycles. The van der Waals surface area contributed by atoms with Gasteiger partial charge in [-0.25, -0.2) is 13.2 Å². The van der Waals surface area contributed by atoms with E-state index in [1.165, 1.54) is 18.2 Å². The molecule has 0 bridgehead atoms. The molecule has 1 aromatic rings. The molecule has 1 aliphatic heterocycles. The summed E-state index contributed by atoms with van der Waals surface area (Å²) in [7, 11) is -3.34. The Hall–Kier alpha value is -2.07. The maximum absolute atomic E-state index is 11.4. The maximum atomic E-state index is 11.4.